The molecule has 0 bridgehead atoms. The molecule has 0 aliphatic heterocycles. The third-order valence-electron chi connectivity index (χ3n) is 5.08. The maximum Gasteiger partial charge on any atom is 0.246 e. The van der Waals surface area contributed by atoms with Gasteiger partial charge in [0.2, 0.25) is 11.8 Å². The summed E-state index contributed by atoms with van der Waals surface area (Å²) in [7, 11) is 0. The van der Waals surface area contributed by atoms with Crippen molar-refractivity contribution >= 4 is 11.8 Å². The van der Waals surface area contributed by atoms with E-state index in [9.17, 15) is 9.59 Å². The summed E-state index contributed by atoms with van der Waals surface area (Å²) < 4.78 is 17.1. The highest BCUT2D eigenvalue weighted by molar-refractivity contribution is 5.92. The zero-order valence-corrected chi connectivity index (χ0v) is 19.9. The van der Waals surface area contributed by atoms with E-state index in [1.165, 1.54) is 0 Å². The fourth-order valence-electron chi connectivity index (χ4n) is 2.56. The first kappa shape index (κ1) is 25.8. The van der Waals surface area contributed by atoms with Crippen molar-refractivity contribution in [2.24, 2.45) is 5.41 Å². The first-order chi connectivity index (χ1) is 15.7. The van der Waals surface area contributed by atoms with E-state index in [2.05, 4.69) is 17.2 Å². The van der Waals surface area contributed by atoms with Crippen LogP contribution in [0.5, 0.6) is 23.0 Å². The summed E-state index contributed by atoms with van der Waals surface area (Å²) in [6.07, 6.45) is 0.784. The Morgan fingerprint density at radius 1 is 0.818 bits per heavy atom. The van der Waals surface area contributed by atoms with Gasteiger partial charge in [0, 0.05) is 11.0 Å². The van der Waals surface area contributed by atoms with Crippen LogP contribution in [0.25, 0.3) is 0 Å². The van der Waals surface area contributed by atoms with Crippen molar-refractivity contribution in [3.05, 3.63) is 60.7 Å². The molecule has 2 aromatic rings. The molecule has 33 heavy (non-hydrogen) atoms. The molecule has 0 aliphatic carbocycles. The van der Waals surface area contributed by atoms with Gasteiger partial charge in [0.05, 0.1) is 13.1 Å². The SMILES string of the molecule is C=C(C)C(=O)NCCOc1ccc(Oc2ccc(OCCNC(=O)C(C)(C)CC)cc2)cc1. The van der Waals surface area contributed by atoms with Crippen LogP contribution >= 0.6 is 0 Å². The number of hydrogen-bond acceptors (Lipinski definition) is 5. The lowest BCUT2D eigenvalue weighted by Crippen LogP contribution is -2.38. The predicted octanol–water partition coefficient (Wildman–Crippen LogP) is 4.48. The van der Waals surface area contributed by atoms with E-state index < -0.39 is 0 Å². The minimum absolute atomic E-state index is 0.0308. The minimum atomic E-state index is -0.369. The van der Waals surface area contributed by atoms with Crippen LogP contribution in [0.2, 0.25) is 0 Å². The highest BCUT2D eigenvalue weighted by Crippen LogP contribution is 2.25. The number of carbonyl (C=O) groups is 2. The van der Waals surface area contributed by atoms with Gasteiger partial charge in [-0.05, 0) is 61.9 Å². The van der Waals surface area contributed by atoms with Gasteiger partial charge in [0.15, 0.2) is 0 Å². The van der Waals surface area contributed by atoms with Gasteiger partial charge in [-0.25, -0.2) is 0 Å². The summed E-state index contributed by atoms with van der Waals surface area (Å²) in [5.74, 6) is 2.59. The summed E-state index contributed by atoms with van der Waals surface area (Å²) >= 11 is 0. The molecule has 0 aliphatic rings. The number of benzene rings is 2. The molecule has 0 atom stereocenters. The van der Waals surface area contributed by atoms with Crippen molar-refractivity contribution in [3.8, 4) is 23.0 Å². The third kappa shape index (κ3) is 8.88. The number of amides is 2. The molecule has 7 heteroatoms. The molecule has 2 aromatic carbocycles. The standard InChI is InChI=1S/C26H34N2O5/c1-6-26(4,5)25(30)28-16-18-32-21-9-13-23(14-10-21)33-22-11-7-20(8-12-22)31-17-15-27-24(29)19(2)3/h7-14H,2,6,15-18H2,1,3-5H3,(H,27,29)(H,28,30). The topological polar surface area (TPSA) is 85.9 Å². The Labute approximate surface area is 196 Å². The molecule has 0 heterocycles. The summed E-state index contributed by atoms with van der Waals surface area (Å²) in [5.41, 5.74) is 0.0992. The molecule has 0 unspecified atom stereocenters. The molecule has 2 N–H and O–H groups in total. The number of nitrogens with one attached hydrogen (secondary N) is 2. The van der Waals surface area contributed by atoms with E-state index in [1.54, 1.807) is 6.92 Å². The van der Waals surface area contributed by atoms with E-state index in [0.717, 1.165) is 6.42 Å². The molecular weight excluding hydrogens is 420 g/mol. The molecule has 0 aromatic heterocycles. The first-order valence-electron chi connectivity index (χ1n) is 11.1. The molecule has 7 nitrogen and oxygen atoms in total. The third-order valence-corrected chi connectivity index (χ3v) is 5.08. The fraction of sp³-hybridized carbons (Fsp3) is 0.385. The minimum Gasteiger partial charge on any atom is -0.492 e. The Bertz CT molecular complexity index is 921. The van der Waals surface area contributed by atoms with Gasteiger partial charge in [0.1, 0.15) is 36.2 Å². The Balaban J connectivity index is 1.72. The van der Waals surface area contributed by atoms with Crippen LogP contribution in [0.15, 0.2) is 60.7 Å². The molecule has 2 rings (SSSR count). The average molecular weight is 455 g/mol. The molecule has 0 fully saturated rings. The highest BCUT2D eigenvalue weighted by atomic mass is 16.5. The van der Waals surface area contributed by atoms with Gasteiger partial charge < -0.3 is 24.8 Å². The molecule has 0 saturated heterocycles. The molecule has 0 radical (unpaired) electrons. The van der Waals surface area contributed by atoms with Gasteiger partial charge in [0.25, 0.3) is 0 Å². The highest BCUT2D eigenvalue weighted by Gasteiger charge is 2.24. The van der Waals surface area contributed by atoms with Gasteiger partial charge in [-0.3, -0.25) is 9.59 Å². The van der Waals surface area contributed by atoms with Crippen molar-refractivity contribution in [2.45, 2.75) is 34.1 Å². The second-order valence-corrected chi connectivity index (χ2v) is 8.27. The summed E-state index contributed by atoms with van der Waals surface area (Å²) in [6.45, 7) is 12.7. The number of carbonyl (C=O) groups excluding carboxylic acids is 2. The monoisotopic (exact) mass is 454 g/mol. The molecular formula is C26H34N2O5. The van der Waals surface area contributed by atoms with Gasteiger partial charge >= 0.3 is 0 Å². The number of rotatable bonds is 13. The van der Waals surface area contributed by atoms with Crippen molar-refractivity contribution in [1.82, 2.24) is 10.6 Å². The van der Waals surface area contributed by atoms with Gasteiger partial charge in [-0.2, -0.15) is 0 Å². The molecule has 2 amide bonds. The zero-order valence-electron chi connectivity index (χ0n) is 19.9. The van der Waals surface area contributed by atoms with E-state index in [-0.39, 0.29) is 17.2 Å². The van der Waals surface area contributed by atoms with Crippen molar-refractivity contribution in [2.75, 3.05) is 26.3 Å². The zero-order chi connectivity index (χ0) is 24.3. The fourth-order valence-corrected chi connectivity index (χ4v) is 2.56. The van der Waals surface area contributed by atoms with Crippen LogP contribution in [0.4, 0.5) is 0 Å². The maximum absolute atomic E-state index is 12.0. The Kier molecular flexibility index (Phi) is 9.79. The lowest BCUT2D eigenvalue weighted by Gasteiger charge is -2.21. The van der Waals surface area contributed by atoms with E-state index in [0.29, 0.717) is 54.9 Å². The van der Waals surface area contributed by atoms with Crippen molar-refractivity contribution in [3.63, 3.8) is 0 Å². The van der Waals surface area contributed by atoms with Crippen LogP contribution in [0.1, 0.15) is 34.1 Å². The summed E-state index contributed by atoms with van der Waals surface area (Å²) in [6, 6.07) is 14.5. The van der Waals surface area contributed by atoms with Gasteiger partial charge in [-0.15, -0.1) is 0 Å². The second kappa shape index (κ2) is 12.5. The largest absolute Gasteiger partial charge is 0.492 e. The molecule has 0 spiro atoms. The lowest BCUT2D eigenvalue weighted by atomic mass is 9.89. The quantitative estimate of drug-likeness (QED) is 0.344. The van der Waals surface area contributed by atoms with E-state index in [4.69, 9.17) is 14.2 Å². The first-order valence-corrected chi connectivity index (χ1v) is 11.1. The van der Waals surface area contributed by atoms with Crippen LogP contribution in [-0.4, -0.2) is 38.1 Å². The number of ether oxygens (including phenoxy) is 3. The summed E-state index contributed by atoms with van der Waals surface area (Å²) in [4.78, 5) is 23.5. The van der Waals surface area contributed by atoms with Crippen LogP contribution < -0.4 is 24.8 Å². The number of hydrogen-bond donors (Lipinski definition) is 2. The van der Waals surface area contributed by atoms with Crippen LogP contribution in [0, 0.1) is 5.41 Å². The Morgan fingerprint density at radius 2 is 1.24 bits per heavy atom. The van der Waals surface area contributed by atoms with E-state index >= 15 is 0 Å². The van der Waals surface area contributed by atoms with Gasteiger partial charge in [-0.1, -0.05) is 27.4 Å². The van der Waals surface area contributed by atoms with Crippen LogP contribution in [0.3, 0.4) is 0 Å². The normalized spacial score (nSPS) is 10.8. The maximum atomic E-state index is 12.0. The Hall–Kier alpha value is -3.48. The van der Waals surface area contributed by atoms with E-state index in [1.807, 2.05) is 69.3 Å². The molecule has 0 saturated carbocycles. The average Bonchev–Trinajstić information content (AvgIpc) is 2.81. The van der Waals surface area contributed by atoms with Crippen LogP contribution in [-0.2, 0) is 9.59 Å². The van der Waals surface area contributed by atoms with Crippen molar-refractivity contribution < 1.29 is 23.8 Å². The Morgan fingerprint density at radius 3 is 1.67 bits per heavy atom. The summed E-state index contributed by atoms with van der Waals surface area (Å²) in [5, 5.41) is 5.61. The second-order valence-electron chi connectivity index (χ2n) is 8.27. The smallest absolute Gasteiger partial charge is 0.246 e. The predicted molar refractivity (Wildman–Crippen MR) is 129 cm³/mol. The van der Waals surface area contributed by atoms with Crippen molar-refractivity contribution in [1.29, 1.82) is 0 Å². The lowest BCUT2D eigenvalue weighted by molar-refractivity contribution is -0.129. The molecule has 178 valence electrons.